The molecule has 1 amide bonds. The Balaban J connectivity index is 0.00000225. The van der Waals surface area contributed by atoms with Gasteiger partial charge in [-0.2, -0.15) is 5.21 Å². The van der Waals surface area contributed by atoms with Crippen molar-refractivity contribution in [2.75, 3.05) is 0 Å². The second kappa shape index (κ2) is 8.42. The Morgan fingerprint density at radius 1 is 1.18 bits per heavy atom. The molecule has 142 valence electrons. The summed E-state index contributed by atoms with van der Waals surface area (Å²) in [6.07, 6.45) is 3.53. The van der Waals surface area contributed by atoms with E-state index in [-0.39, 0.29) is 12.4 Å². The first-order valence-corrected chi connectivity index (χ1v) is 8.15. The van der Waals surface area contributed by atoms with E-state index in [1.54, 1.807) is 11.6 Å². The molecule has 28 heavy (non-hydrogen) atoms. The maximum absolute atomic E-state index is 11.0. The highest BCUT2D eigenvalue weighted by Gasteiger charge is 2.08. The highest BCUT2D eigenvalue weighted by Crippen LogP contribution is 2.21. The largest absolute Gasteiger partial charge is 0.342 e. The molecule has 4 aromatic rings. The minimum Gasteiger partial charge on any atom is -0.342 e. The minimum atomic E-state index is -0.568. The summed E-state index contributed by atoms with van der Waals surface area (Å²) in [4.78, 5) is 18.9. The van der Waals surface area contributed by atoms with Crippen molar-refractivity contribution in [3.8, 4) is 11.4 Å². The number of amides is 1. The lowest BCUT2D eigenvalue weighted by Gasteiger charge is -1.99. The topological polar surface area (TPSA) is 132 Å². The van der Waals surface area contributed by atoms with Gasteiger partial charge in [0.25, 0.3) is 5.91 Å². The van der Waals surface area contributed by atoms with Gasteiger partial charge in [0.05, 0.1) is 11.0 Å². The van der Waals surface area contributed by atoms with E-state index in [0.717, 1.165) is 33.5 Å². The number of nitrogens with one attached hydrogen (secondary N) is 3. The fraction of sp³-hybridized carbons (Fsp3) is 0.0556. The summed E-state index contributed by atoms with van der Waals surface area (Å²) in [6.45, 7) is 0. The Hall–Kier alpha value is -3.56. The van der Waals surface area contributed by atoms with Crippen molar-refractivity contribution in [2.45, 2.75) is 6.42 Å². The van der Waals surface area contributed by atoms with E-state index in [2.05, 4.69) is 30.6 Å². The third-order valence-corrected chi connectivity index (χ3v) is 4.02. The summed E-state index contributed by atoms with van der Waals surface area (Å²) in [7, 11) is 0. The fourth-order valence-corrected chi connectivity index (χ4v) is 2.72. The number of tetrazole rings is 1. The number of carbonyl (C=O) groups excluding carboxylic acids is 1. The van der Waals surface area contributed by atoms with E-state index in [1.807, 2.05) is 42.5 Å². The Bertz CT molecular complexity index is 1100. The monoisotopic (exact) mass is 397 g/mol. The molecule has 0 saturated heterocycles. The molecule has 0 unspecified atom stereocenters. The van der Waals surface area contributed by atoms with Crippen molar-refractivity contribution in [1.29, 1.82) is 0 Å². The van der Waals surface area contributed by atoms with Gasteiger partial charge < -0.3 is 4.98 Å². The van der Waals surface area contributed by atoms with E-state index >= 15 is 0 Å². The van der Waals surface area contributed by atoms with Gasteiger partial charge in [0.1, 0.15) is 5.82 Å². The first-order valence-electron chi connectivity index (χ1n) is 8.15. The van der Waals surface area contributed by atoms with Crippen LogP contribution in [0, 0.1) is 0 Å². The molecule has 4 rings (SSSR count). The predicted octanol–water partition coefficient (Wildman–Crippen LogP) is 2.27. The van der Waals surface area contributed by atoms with Crippen LogP contribution in [0.25, 0.3) is 28.5 Å². The Labute approximate surface area is 165 Å². The van der Waals surface area contributed by atoms with Gasteiger partial charge in [0.15, 0.2) is 0 Å². The summed E-state index contributed by atoms with van der Waals surface area (Å²) < 4.78 is 0. The second-order valence-electron chi connectivity index (χ2n) is 5.88. The normalized spacial score (nSPS) is 10.9. The third kappa shape index (κ3) is 4.22. The van der Waals surface area contributed by atoms with Gasteiger partial charge in [-0.3, -0.25) is 10.0 Å². The third-order valence-electron chi connectivity index (χ3n) is 4.02. The molecule has 10 heteroatoms. The Morgan fingerprint density at radius 3 is 2.71 bits per heavy atom. The molecule has 2 aromatic carbocycles. The van der Waals surface area contributed by atoms with Crippen LogP contribution in [0.4, 0.5) is 0 Å². The molecule has 2 heterocycles. The lowest BCUT2D eigenvalue weighted by molar-refractivity contribution is -0.124. The van der Waals surface area contributed by atoms with E-state index < -0.39 is 5.91 Å². The number of fused-ring (bicyclic) bond motifs is 1. The van der Waals surface area contributed by atoms with Crippen LogP contribution in [0.3, 0.4) is 0 Å². The summed E-state index contributed by atoms with van der Waals surface area (Å²) >= 11 is 0. The lowest BCUT2D eigenvalue weighted by atomic mass is 10.1. The van der Waals surface area contributed by atoms with Gasteiger partial charge >= 0.3 is 0 Å². The number of nitrogens with zero attached hydrogens (tertiary/aromatic N) is 4. The lowest BCUT2D eigenvalue weighted by Crippen LogP contribution is -2.14. The van der Waals surface area contributed by atoms with Crippen LogP contribution in [-0.4, -0.2) is 41.7 Å². The maximum atomic E-state index is 11.0. The van der Waals surface area contributed by atoms with Crippen molar-refractivity contribution in [3.05, 3.63) is 65.5 Å². The Morgan fingerprint density at radius 2 is 2.00 bits per heavy atom. The average molecular weight is 398 g/mol. The van der Waals surface area contributed by atoms with E-state index in [1.165, 1.54) is 6.08 Å². The molecule has 0 fully saturated rings. The van der Waals surface area contributed by atoms with Crippen LogP contribution in [0.2, 0.25) is 0 Å². The van der Waals surface area contributed by atoms with Crippen LogP contribution < -0.4 is 5.48 Å². The second-order valence-corrected chi connectivity index (χ2v) is 5.88. The molecule has 0 saturated carbocycles. The summed E-state index contributed by atoms with van der Waals surface area (Å²) in [6, 6.07) is 13.5. The number of hydrogen-bond acceptors (Lipinski definition) is 6. The molecule has 9 nitrogen and oxygen atoms in total. The summed E-state index contributed by atoms with van der Waals surface area (Å²) in [5.74, 6) is 0.811. The standard InChI is InChI=1S/C18H15N7O2.ClH/c26-17(23-27)8-5-11-1-3-12(4-2-11)9-16-19-14-7-6-13(10-15(14)20-16)18-21-24-25-22-18;/h1-8,10,27H,9H2,(H,19,20)(H,23,26)(H,21,22,24,25);1H/b8-5+;. The highest BCUT2D eigenvalue weighted by atomic mass is 35.5. The van der Waals surface area contributed by atoms with Crippen molar-refractivity contribution in [3.63, 3.8) is 0 Å². The van der Waals surface area contributed by atoms with E-state index in [4.69, 9.17) is 5.21 Å². The van der Waals surface area contributed by atoms with Crippen LogP contribution >= 0.6 is 12.4 Å². The number of hydroxylamine groups is 1. The molecule has 0 atom stereocenters. The smallest absolute Gasteiger partial charge is 0.267 e. The first kappa shape index (κ1) is 19.2. The SMILES string of the molecule is Cl.O=C(/C=C/c1ccc(Cc2nc3ccc(-c4nn[nH]n4)cc3[nH]2)cc1)NO. The van der Waals surface area contributed by atoms with Gasteiger partial charge in [-0.15, -0.1) is 22.6 Å². The number of aromatic nitrogens is 6. The number of aromatic amines is 2. The van der Waals surface area contributed by atoms with Gasteiger partial charge in [0, 0.05) is 18.1 Å². The molecule has 0 aliphatic heterocycles. The zero-order chi connectivity index (χ0) is 18.6. The van der Waals surface area contributed by atoms with Gasteiger partial charge in [-0.25, -0.2) is 10.5 Å². The van der Waals surface area contributed by atoms with Gasteiger partial charge in [0.2, 0.25) is 5.82 Å². The van der Waals surface area contributed by atoms with Crippen molar-refractivity contribution in [1.82, 2.24) is 36.1 Å². The minimum absolute atomic E-state index is 0. The number of carbonyl (C=O) groups is 1. The van der Waals surface area contributed by atoms with Crippen LogP contribution in [0.5, 0.6) is 0 Å². The molecular formula is C18H16ClN7O2. The number of hydrogen-bond donors (Lipinski definition) is 4. The number of benzene rings is 2. The van der Waals surface area contributed by atoms with Gasteiger partial charge in [-0.05, 0) is 40.6 Å². The van der Waals surface area contributed by atoms with Crippen molar-refractivity contribution in [2.24, 2.45) is 0 Å². The Kier molecular flexibility index (Phi) is 5.78. The van der Waals surface area contributed by atoms with E-state index in [0.29, 0.717) is 12.2 Å². The quantitative estimate of drug-likeness (QED) is 0.232. The molecular weight excluding hydrogens is 382 g/mol. The van der Waals surface area contributed by atoms with Crippen molar-refractivity contribution >= 4 is 35.4 Å². The number of imidazole rings is 1. The maximum Gasteiger partial charge on any atom is 0.267 e. The molecule has 2 aromatic heterocycles. The summed E-state index contributed by atoms with van der Waals surface area (Å²) in [5.41, 5.74) is 6.12. The molecule has 0 radical (unpaired) electrons. The predicted molar refractivity (Wildman–Crippen MR) is 105 cm³/mol. The molecule has 0 bridgehead atoms. The number of rotatable bonds is 5. The molecule has 0 spiro atoms. The molecule has 0 aliphatic rings. The van der Waals surface area contributed by atoms with Crippen LogP contribution in [-0.2, 0) is 11.2 Å². The summed E-state index contributed by atoms with van der Waals surface area (Å²) in [5, 5.41) is 22.5. The average Bonchev–Trinajstić information content (AvgIpc) is 3.36. The number of H-pyrrole nitrogens is 2. The van der Waals surface area contributed by atoms with Gasteiger partial charge in [-0.1, -0.05) is 24.3 Å². The molecule has 4 N–H and O–H groups in total. The zero-order valence-corrected chi connectivity index (χ0v) is 15.3. The van der Waals surface area contributed by atoms with Crippen LogP contribution in [0.15, 0.2) is 48.5 Å². The highest BCUT2D eigenvalue weighted by molar-refractivity contribution is 5.90. The van der Waals surface area contributed by atoms with E-state index in [9.17, 15) is 4.79 Å². The molecule has 0 aliphatic carbocycles. The fourth-order valence-electron chi connectivity index (χ4n) is 2.72. The zero-order valence-electron chi connectivity index (χ0n) is 14.5. The number of halogens is 1. The first-order chi connectivity index (χ1) is 13.2. The van der Waals surface area contributed by atoms with Crippen molar-refractivity contribution < 1.29 is 10.0 Å². The van der Waals surface area contributed by atoms with Crippen LogP contribution in [0.1, 0.15) is 17.0 Å².